The Hall–Kier alpha value is -0.890. The quantitative estimate of drug-likeness (QED) is 0.684. The summed E-state index contributed by atoms with van der Waals surface area (Å²) in [6.07, 6.45) is 0. The Morgan fingerprint density at radius 3 is 2.05 bits per heavy atom. The molecule has 106 valence electrons. The molecule has 2 aromatic carbocycles. The second-order valence-corrected chi connectivity index (χ2v) is 6.20. The monoisotopic (exact) mass is 327 g/mol. The maximum absolute atomic E-state index is 6.19. The molecule has 0 saturated carbocycles. The lowest BCUT2D eigenvalue weighted by molar-refractivity contribution is 0.882. The van der Waals surface area contributed by atoms with E-state index in [0.717, 1.165) is 0 Å². The zero-order valence-corrected chi connectivity index (χ0v) is 13.9. The van der Waals surface area contributed by atoms with Crippen molar-refractivity contribution >= 4 is 40.5 Å². The van der Waals surface area contributed by atoms with Crippen molar-refractivity contribution in [3.63, 3.8) is 0 Å². The number of benzene rings is 2. The molecule has 1 atom stereocenters. The van der Waals surface area contributed by atoms with Crippen molar-refractivity contribution in [3.8, 4) is 0 Å². The molecule has 0 fully saturated rings. The number of hydrogen-bond donors (Lipinski definition) is 1. The van der Waals surface area contributed by atoms with Crippen molar-refractivity contribution < 1.29 is 0 Å². The van der Waals surface area contributed by atoms with Gasteiger partial charge in [0, 0.05) is 11.1 Å². The summed E-state index contributed by atoms with van der Waals surface area (Å²) in [6, 6.07) is 9.87. The molecule has 0 bridgehead atoms. The van der Waals surface area contributed by atoms with Crippen molar-refractivity contribution in [1.29, 1.82) is 0 Å². The standard InChI is InChI=1S/C16H16Cl3N/c1-9-4-5-12(6-10(9)2)11(3)20-16-14(18)7-13(17)8-15(16)19/h4-8,11,20H,1-3H3. The second kappa shape index (κ2) is 6.26. The minimum absolute atomic E-state index is 0.102. The van der Waals surface area contributed by atoms with E-state index < -0.39 is 0 Å². The van der Waals surface area contributed by atoms with Gasteiger partial charge in [-0.2, -0.15) is 0 Å². The Kier molecular flexibility index (Phi) is 4.85. The summed E-state index contributed by atoms with van der Waals surface area (Å²) < 4.78 is 0. The predicted molar refractivity (Wildman–Crippen MR) is 89.4 cm³/mol. The minimum Gasteiger partial charge on any atom is -0.376 e. The summed E-state index contributed by atoms with van der Waals surface area (Å²) in [4.78, 5) is 0. The smallest absolute Gasteiger partial charge is 0.0724 e. The van der Waals surface area contributed by atoms with Crippen LogP contribution in [0.2, 0.25) is 15.1 Å². The first-order valence-electron chi connectivity index (χ1n) is 6.36. The van der Waals surface area contributed by atoms with E-state index >= 15 is 0 Å². The van der Waals surface area contributed by atoms with Crippen molar-refractivity contribution in [1.82, 2.24) is 0 Å². The van der Waals surface area contributed by atoms with E-state index in [0.29, 0.717) is 20.8 Å². The van der Waals surface area contributed by atoms with Gasteiger partial charge in [-0.25, -0.2) is 0 Å². The third kappa shape index (κ3) is 3.41. The molecule has 4 heteroatoms. The summed E-state index contributed by atoms with van der Waals surface area (Å²) in [5.41, 5.74) is 4.45. The van der Waals surface area contributed by atoms with Gasteiger partial charge in [-0.15, -0.1) is 0 Å². The zero-order valence-electron chi connectivity index (χ0n) is 11.6. The molecule has 0 radical (unpaired) electrons. The molecule has 0 aliphatic rings. The Morgan fingerprint density at radius 2 is 1.50 bits per heavy atom. The van der Waals surface area contributed by atoms with E-state index in [1.54, 1.807) is 12.1 Å². The largest absolute Gasteiger partial charge is 0.376 e. The maximum atomic E-state index is 6.19. The summed E-state index contributed by atoms with van der Waals surface area (Å²) in [7, 11) is 0. The van der Waals surface area contributed by atoms with Crippen LogP contribution in [0.4, 0.5) is 5.69 Å². The van der Waals surface area contributed by atoms with Crippen LogP contribution in [0.3, 0.4) is 0 Å². The molecule has 0 amide bonds. The average Bonchev–Trinajstić information content (AvgIpc) is 2.36. The van der Waals surface area contributed by atoms with Gasteiger partial charge in [0.25, 0.3) is 0 Å². The van der Waals surface area contributed by atoms with E-state index in [4.69, 9.17) is 34.8 Å². The average molecular weight is 329 g/mol. The van der Waals surface area contributed by atoms with E-state index in [2.05, 4.69) is 44.3 Å². The highest BCUT2D eigenvalue weighted by atomic mass is 35.5. The van der Waals surface area contributed by atoms with Gasteiger partial charge in [0.05, 0.1) is 15.7 Å². The van der Waals surface area contributed by atoms with Crippen LogP contribution in [0.15, 0.2) is 30.3 Å². The van der Waals surface area contributed by atoms with Crippen molar-refractivity contribution in [2.75, 3.05) is 5.32 Å². The van der Waals surface area contributed by atoms with E-state index in [1.165, 1.54) is 16.7 Å². The van der Waals surface area contributed by atoms with Gasteiger partial charge in [0.15, 0.2) is 0 Å². The SMILES string of the molecule is Cc1ccc(C(C)Nc2c(Cl)cc(Cl)cc2Cl)cc1C. The van der Waals surface area contributed by atoms with Crippen LogP contribution in [-0.2, 0) is 0 Å². The van der Waals surface area contributed by atoms with Crippen molar-refractivity contribution in [2.24, 2.45) is 0 Å². The second-order valence-electron chi connectivity index (χ2n) is 4.95. The lowest BCUT2D eigenvalue weighted by Gasteiger charge is -2.19. The molecule has 0 saturated heterocycles. The molecule has 0 aliphatic heterocycles. The Balaban J connectivity index is 2.27. The maximum Gasteiger partial charge on any atom is 0.0724 e. The van der Waals surface area contributed by atoms with Crippen LogP contribution in [0.1, 0.15) is 29.7 Å². The molecular formula is C16H16Cl3N. The highest BCUT2D eigenvalue weighted by Gasteiger charge is 2.12. The van der Waals surface area contributed by atoms with Gasteiger partial charge in [0.2, 0.25) is 0 Å². The van der Waals surface area contributed by atoms with Crippen LogP contribution >= 0.6 is 34.8 Å². The number of rotatable bonds is 3. The van der Waals surface area contributed by atoms with Crippen LogP contribution in [0.5, 0.6) is 0 Å². The van der Waals surface area contributed by atoms with E-state index in [1.807, 2.05) is 0 Å². The van der Waals surface area contributed by atoms with Gasteiger partial charge >= 0.3 is 0 Å². The Bertz CT molecular complexity index is 615. The van der Waals surface area contributed by atoms with Crippen LogP contribution in [0, 0.1) is 13.8 Å². The molecule has 0 spiro atoms. The van der Waals surface area contributed by atoms with Gasteiger partial charge in [-0.1, -0.05) is 53.0 Å². The van der Waals surface area contributed by atoms with Gasteiger partial charge < -0.3 is 5.32 Å². The van der Waals surface area contributed by atoms with Crippen molar-refractivity contribution in [3.05, 3.63) is 62.1 Å². The number of halogens is 3. The fourth-order valence-electron chi connectivity index (χ4n) is 2.01. The molecule has 1 unspecified atom stereocenters. The van der Waals surface area contributed by atoms with Crippen molar-refractivity contribution in [2.45, 2.75) is 26.8 Å². The third-order valence-electron chi connectivity index (χ3n) is 3.40. The first kappa shape index (κ1) is 15.5. The highest BCUT2D eigenvalue weighted by molar-refractivity contribution is 6.41. The molecule has 0 aromatic heterocycles. The first-order valence-corrected chi connectivity index (χ1v) is 7.50. The lowest BCUT2D eigenvalue weighted by Crippen LogP contribution is -2.08. The minimum atomic E-state index is 0.102. The Morgan fingerprint density at radius 1 is 0.900 bits per heavy atom. The van der Waals surface area contributed by atoms with Crippen LogP contribution in [0.25, 0.3) is 0 Å². The van der Waals surface area contributed by atoms with E-state index in [-0.39, 0.29) is 6.04 Å². The topological polar surface area (TPSA) is 12.0 Å². The number of hydrogen-bond acceptors (Lipinski definition) is 1. The summed E-state index contributed by atoms with van der Waals surface area (Å²) in [6.45, 7) is 6.28. The summed E-state index contributed by atoms with van der Waals surface area (Å²) >= 11 is 18.3. The predicted octanol–water partition coefficient (Wildman–Crippen LogP) is 6.44. The zero-order chi connectivity index (χ0) is 14.9. The van der Waals surface area contributed by atoms with Gasteiger partial charge in [0.1, 0.15) is 0 Å². The number of anilines is 1. The highest BCUT2D eigenvalue weighted by Crippen LogP contribution is 2.36. The van der Waals surface area contributed by atoms with Gasteiger partial charge in [-0.3, -0.25) is 0 Å². The number of nitrogens with one attached hydrogen (secondary N) is 1. The molecule has 2 aromatic rings. The van der Waals surface area contributed by atoms with Gasteiger partial charge in [-0.05, 0) is 49.6 Å². The molecule has 0 aliphatic carbocycles. The Labute approximate surface area is 134 Å². The fourth-order valence-corrected chi connectivity index (χ4v) is 2.94. The molecule has 20 heavy (non-hydrogen) atoms. The molecular weight excluding hydrogens is 313 g/mol. The third-order valence-corrected chi connectivity index (χ3v) is 4.21. The van der Waals surface area contributed by atoms with Crippen LogP contribution < -0.4 is 5.32 Å². The van der Waals surface area contributed by atoms with E-state index in [9.17, 15) is 0 Å². The first-order chi connectivity index (χ1) is 9.38. The molecule has 2 rings (SSSR count). The molecule has 0 heterocycles. The van der Waals surface area contributed by atoms with Crippen LogP contribution in [-0.4, -0.2) is 0 Å². The molecule has 1 nitrogen and oxygen atoms in total. The normalized spacial score (nSPS) is 12.3. The number of aryl methyl sites for hydroxylation is 2. The molecule has 1 N–H and O–H groups in total. The summed E-state index contributed by atoms with van der Waals surface area (Å²) in [5.74, 6) is 0. The summed E-state index contributed by atoms with van der Waals surface area (Å²) in [5, 5.41) is 4.93. The lowest BCUT2D eigenvalue weighted by atomic mass is 10.0. The fraction of sp³-hybridized carbons (Fsp3) is 0.250.